The number of hydrogen-bond acceptors (Lipinski definition) is 4. The number of hydrogen-bond donors (Lipinski definition) is 3. The number of nitrogens with zero attached hydrogens (tertiary/aromatic N) is 4. The van der Waals surface area contributed by atoms with E-state index in [1.54, 1.807) is 12.7 Å². The molecule has 170 valence electrons. The highest BCUT2D eigenvalue weighted by atomic mass is 16.1. The van der Waals surface area contributed by atoms with Gasteiger partial charge in [0.15, 0.2) is 6.67 Å². The van der Waals surface area contributed by atoms with Crippen molar-refractivity contribution in [2.24, 2.45) is 0 Å². The van der Waals surface area contributed by atoms with Crippen LogP contribution in [0.25, 0.3) is 16.6 Å². The number of aromatic nitrogens is 4. The van der Waals surface area contributed by atoms with E-state index in [-0.39, 0.29) is 5.91 Å². The smallest absolute Gasteiger partial charge is 0.255 e. The Labute approximate surface area is 193 Å². The van der Waals surface area contributed by atoms with E-state index in [1.807, 2.05) is 34.9 Å². The average molecular weight is 445 g/mol. The summed E-state index contributed by atoms with van der Waals surface area (Å²) in [6, 6.07) is 15.8. The molecular weight excluding hydrogens is 414 g/mol. The van der Waals surface area contributed by atoms with Gasteiger partial charge in [-0.15, -0.1) is 10.2 Å². The van der Waals surface area contributed by atoms with Crippen LogP contribution in [0.2, 0.25) is 0 Å². The van der Waals surface area contributed by atoms with Crippen molar-refractivity contribution in [2.75, 3.05) is 39.4 Å². The molecule has 1 saturated heterocycles. The molecule has 0 aliphatic carbocycles. The van der Waals surface area contributed by atoms with Crippen LogP contribution in [-0.2, 0) is 6.42 Å². The Hall–Kier alpha value is -3.49. The zero-order chi connectivity index (χ0) is 22.5. The molecular formula is C25H30N7O+. The third-order valence-corrected chi connectivity index (χ3v) is 6.68. The van der Waals surface area contributed by atoms with Crippen molar-refractivity contribution in [3.8, 4) is 5.69 Å². The van der Waals surface area contributed by atoms with E-state index in [9.17, 15) is 4.79 Å². The molecule has 1 amide bonds. The number of quaternary nitrogens is 1. The molecule has 8 nitrogen and oxygen atoms in total. The molecule has 2 aromatic heterocycles. The number of carbonyl (C=O) groups excluding carboxylic acids is 1. The van der Waals surface area contributed by atoms with Crippen molar-refractivity contribution in [1.82, 2.24) is 30.4 Å². The molecule has 5 rings (SSSR count). The maximum atomic E-state index is 12.6. The van der Waals surface area contributed by atoms with Crippen molar-refractivity contribution in [2.45, 2.75) is 12.8 Å². The average Bonchev–Trinajstić information content (AvgIpc) is 3.54. The van der Waals surface area contributed by atoms with Crippen LogP contribution in [0.4, 0.5) is 0 Å². The summed E-state index contributed by atoms with van der Waals surface area (Å²) < 4.78 is 2.84. The third kappa shape index (κ3) is 4.81. The zero-order valence-corrected chi connectivity index (χ0v) is 18.7. The molecule has 2 aromatic carbocycles. The van der Waals surface area contributed by atoms with E-state index in [0.29, 0.717) is 12.2 Å². The first kappa shape index (κ1) is 21.4. The molecule has 3 N–H and O–H groups in total. The van der Waals surface area contributed by atoms with E-state index < -0.39 is 0 Å². The lowest BCUT2D eigenvalue weighted by Gasteiger charge is -2.41. The van der Waals surface area contributed by atoms with E-state index in [0.717, 1.165) is 61.3 Å². The van der Waals surface area contributed by atoms with Crippen LogP contribution in [-0.4, -0.2) is 69.5 Å². The lowest BCUT2D eigenvalue weighted by Crippen LogP contribution is -2.62. The third-order valence-electron chi connectivity index (χ3n) is 6.68. The number of benzene rings is 2. The van der Waals surface area contributed by atoms with Crippen LogP contribution < -0.4 is 10.6 Å². The van der Waals surface area contributed by atoms with Gasteiger partial charge >= 0.3 is 0 Å². The molecule has 1 aliphatic rings. The van der Waals surface area contributed by atoms with E-state index in [4.69, 9.17) is 0 Å². The number of rotatable bonds is 8. The van der Waals surface area contributed by atoms with Gasteiger partial charge in [-0.3, -0.25) is 9.36 Å². The van der Waals surface area contributed by atoms with Gasteiger partial charge in [0.25, 0.3) is 5.91 Å². The Morgan fingerprint density at radius 2 is 1.85 bits per heavy atom. The minimum absolute atomic E-state index is 0.00443. The van der Waals surface area contributed by atoms with Gasteiger partial charge in [-0.1, -0.05) is 18.2 Å². The highest BCUT2D eigenvalue weighted by Crippen LogP contribution is 2.23. The van der Waals surface area contributed by atoms with Gasteiger partial charge < -0.3 is 20.1 Å². The predicted octanol–water partition coefficient (Wildman–Crippen LogP) is 2.49. The number of piperazine rings is 1. The van der Waals surface area contributed by atoms with Gasteiger partial charge in [-0.25, -0.2) is 0 Å². The molecule has 1 aliphatic heterocycles. The highest BCUT2D eigenvalue weighted by Gasteiger charge is 2.30. The van der Waals surface area contributed by atoms with Crippen molar-refractivity contribution < 1.29 is 9.28 Å². The molecule has 8 heteroatoms. The Bertz CT molecular complexity index is 1190. The summed E-state index contributed by atoms with van der Waals surface area (Å²) in [6.07, 6.45) is 7.61. The van der Waals surface area contributed by atoms with Crippen LogP contribution in [0.1, 0.15) is 22.3 Å². The first-order chi connectivity index (χ1) is 16.2. The molecule has 0 spiro atoms. The molecule has 0 saturated carbocycles. The summed E-state index contributed by atoms with van der Waals surface area (Å²) in [5.74, 6) is 0.00443. The maximum Gasteiger partial charge on any atom is 0.255 e. The fraction of sp³-hybridized carbons (Fsp3) is 0.320. The van der Waals surface area contributed by atoms with Crippen molar-refractivity contribution in [3.63, 3.8) is 0 Å². The number of amides is 1. The van der Waals surface area contributed by atoms with Gasteiger partial charge in [-0.2, -0.15) is 0 Å². The van der Waals surface area contributed by atoms with Gasteiger partial charge in [0.1, 0.15) is 12.7 Å². The molecule has 3 heterocycles. The van der Waals surface area contributed by atoms with Crippen LogP contribution in [0, 0.1) is 0 Å². The fourth-order valence-corrected chi connectivity index (χ4v) is 4.73. The standard InChI is InChI=1S/C25H29N7O/c33-25(20-5-2-1-3-6-20)28-19-32(13-10-26-11-14-32)12-4-7-21-16-27-24-9-8-22(15-23(21)24)31-17-29-30-18-31/h1-3,5-6,8-9,15-18,26-27H,4,7,10-14,19H2/p+1. The Kier molecular flexibility index (Phi) is 6.19. The molecule has 33 heavy (non-hydrogen) atoms. The minimum atomic E-state index is 0.00443. The summed E-state index contributed by atoms with van der Waals surface area (Å²) in [5, 5.41) is 15.7. The molecule has 0 atom stereocenters. The van der Waals surface area contributed by atoms with Crippen molar-refractivity contribution in [1.29, 1.82) is 0 Å². The topological polar surface area (TPSA) is 87.6 Å². The molecule has 0 radical (unpaired) electrons. The van der Waals surface area contributed by atoms with Gasteiger partial charge in [-0.05, 0) is 42.3 Å². The number of H-pyrrole nitrogens is 1. The summed E-state index contributed by atoms with van der Waals surface area (Å²) in [4.78, 5) is 16.0. The number of nitrogens with one attached hydrogen (secondary N) is 3. The second-order valence-electron chi connectivity index (χ2n) is 8.81. The summed E-state index contributed by atoms with van der Waals surface area (Å²) in [6.45, 7) is 5.73. The monoisotopic (exact) mass is 444 g/mol. The normalized spacial score (nSPS) is 15.5. The highest BCUT2D eigenvalue weighted by molar-refractivity contribution is 5.94. The molecule has 4 aromatic rings. The first-order valence-corrected chi connectivity index (χ1v) is 11.6. The van der Waals surface area contributed by atoms with E-state index >= 15 is 0 Å². The first-order valence-electron chi connectivity index (χ1n) is 11.6. The Balaban J connectivity index is 1.25. The van der Waals surface area contributed by atoms with E-state index in [2.05, 4.69) is 50.2 Å². The van der Waals surface area contributed by atoms with E-state index in [1.165, 1.54) is 10.9 Å². The van der Waals surface area contributed by atoms with Gasteiger partial charge in [0.05, 0.1) is 19.6 Å². The second kappa shape index (κ2) is 9.56. The maximum absolute atomic E-state index is 12.6. The lowest BCUT2D eigenvalue weighted by atomic mass is 10.1. The molecule has 0 bridgehead atoms. The number of aromatic amines is 1. The number of carbonyl (C=O) groups is 1. The quantitative estimate of drug-likeness (QED) is 0.365. The molecule has 0 unspecified atom stereocenters. The van der Waals surface area contributed by atoms with Crippen molar-refractivity contribution >= 4 is 16.8 Å². The zero-order valence-electron chi connectivity index (χ0n) is 18.7. The second-order valence-corrected chi connectivity index (χ2v) is 8.81. The van der Waals surface area contributed by atoms with Gasteiger partial charge in [0.2, 0.25) is 0 Å². The number of aryl methyl sites for hydroxylation is 1. The summed E-state index contributed by atoms with van der Waals surface area (Å²) >= 11 is 0. The number of fused-ring (bicyclic) bond motifs is 1. The van der Waals surface area contributed by atoms with Gasteiger partial charge in [0, 0.05) is 47.9 Å². The Morgan fingerprint density at radius 1 is 1.06 bits per heavy atom. The Morgan fingerprint density at radius 3 is 2.64 bits per heavy atom. The van der Waals surface area contributed by atoms with Crippen LogP contribution >= 0.6 is 0 Å². The van der Waals surface area contributed by atoms with Crippen LogP contribution in [0.5, 0.6) is 0 Å². The minimum Gasteiger partial charge on any atom is -0.361 e. The largest absolute Gasteiger partial charge is 0.361 e. The summed E-state index contributed by atoms with van der Waals surface area (Å²) in [5.41, 5.74) is 4.24. The van der Waals surface area contributed by atoms with Crippen LogP contribution in [0.3, 0.4) is 0 Å². The lowest BCUT2D eigenvalue weighted by molar-refractivity contribution is -0.931. The van der Waals surface area contributed by atoms with Crippen LogP contribution in [0.15, 0.2) is 67.4 Å². The SMILES string of the molecule is O=C(NC[N+]1(CCCc2c[nH]c3ccc(-n4cnnc4)cc23)CCNCC1)c1ccccc1. The predicted molar refractivity (Wildman–Crippen MR) is 128 cm³/mol. The summed E-state index contributed by atoms with van der Waals surface area (Å²) in [7, 11) is 0. The van der Waals surface area contributed by atoms with Crippen molar-refractivity contribution in [3.05, 3.63) is 78.5 Å². The fourth-order valence-electron chi connectivity index (χ4n) is 4.73. The molecule has 1 fully saturated rings.